The Morgan fingerprint density at radius 3 is 2.58 bits per heavy atom. The van der Waals surface area contributed by atoms with Gasteiger partial charge >= 0.3 is 0 Å². The van der Waals surface area contributed by atoms with Crippen LogP contribution in [0.25, 0.3) is 0 Å². The van der Waals surface area contributed by atoms with E-state index in [-0.39, 0.29) is 11.8 Å². The van der Waals surface area contributed by atoms with Crippen molar-refractivity contribution in [3.8, 4) is 0 Å². The molecule has 1 aliphatic rings. The monoisotopic (exact) mass is 389 g/mol. The lowest BCUT2D eigenvalue weighted by Gasteiger charge is -2.21. The molecule has 2 aromatic rings. The second-order valence-corrected chi connectivity index (χ2v) is 9.81. The molecule has 0 saturated heterocycles. The number of aryl methyl sites for hydroxylation is 2. The lowest BCUT2D eigenvalue weighted by atomic mass is 10.0. The van der Waals surface area contributed by atoms with E-state index in [2.05, 4.69) is 32.0 Å². The highest BCUT2D eigenvalue weighted by atomic mass is 32.2. The Hall–Kier alpha value is -1.79. The third-order valence-electron chi connectivity index (χ3n) is 4.60. The molecule has 0 aliphatic carbocycles. The van der Waals surface area contributed by atoms with Gasteiger partial charge in [0.05, 0.1) is 17.7 Å². The van der Waals surface area contributed by atoms with E-state index in [1.807, 2.05) is 13.0 Å². The first-order chi connectivity index (χ1) is 12.2. The fourth-order valence-corrected chi connectivity index (χ4v) is 5.64. The maximum atomic E-state index is 12.6. The van der Waals surface area contributed by atoms with Crippen molar-refractivity contribution in [2.75, 3.05) is 16.3 Å². The Kier molecular flexibility index (Phi) is 5.17. The second kappa shape index (κ2) is 7.08. The SMILES string of the molecule is Cc1ccc(SCC(=O)c2ccc3c(c2)C[C@@H](C)N3S(C)(=O)=O)c(C)c1. The molecule has 4 nitrogen and oxygen atoms in total. The molecule has 26 heavy (non-hydrogen) atoms. The molecular weight excluding hydrogens is 366 g/mol. The summed E-state index contributed by atoms with van der Waals surface area (Å²) in [6.07, 6.45) is 1.85. The van der Waals surface area contributed by atoms with Crippen LogP contribution >= 0.6 is 11.8 Å². The van der Waals surface area contributed by atoms with E-state index < -0.39 is 10.0 Å². The van der Waals surface area contributed by atoms with Crippen molar-refractivity contribution < 1.29 is 13.2 Å². The van der Waals surface area contributed by atoms with Gasteiger partial charge in [0, 0.05) is 16.5 Å². The van der Waals surface area contributed by atoms with Crippen molar-refractivity contribution in [1.29, 1.82) is 0 Å². The van der Waals surface area contributed by atoms with Crippen LogP contribution in [-0.2, 0) is 16.4 Å². The van der Waals surface area contributed by atoms with Crippen LogP contribution in [0.4, 0.5) is 5.69 Å². The smallest absolute Gasteiger partial charge is 0.232 e. The van der Waals surface area contributed by atoms with E-state index in [0.29, 0.717) is 23.4 Å². The molecule has 0 N–H and O–H groups in total. The molecule has 3 rings (SSSR count). The van der Waals surface area contributed by atoms with Crippen LogP contribution < -0.4 is 4.31 Å². The number of carbonyl (C=O) groups is 1. The molecule has 0 fully saturated rings. The molecule has 138 valence electrons. The summed E-state index contributed by atoms with van der Waals surface area (Å²) in [4.78, 5) is 13.7. The number of nitrogens with zero attached hydrogens (tertiary/aromatic N) is 1. The molecule has 0 saturated carbocycles. The Balaban J connectivity index is 1.77. The van der Waals surface area contributed by atoms with Crippen LogP contribution in [0.3, 0.4) is 0 Å². The van der Waals surface area contributed by atoms with Crippen molar-refractivity contribution in [2.24, 2.45) is 0 Å². The van der Waals surface area contributed by atoms with Gasteiger partial charge in [0.2, 0.25) is 10.0 Å². The molecular formula is C20H23NO3S2. The number of Topliss-reactive ketones (excluding diaryl/α,β-unsaturated/α-hetero) is 1. The summed E-state index contributed by atoms with van der Waals surface area (Å²) in [6.45, 7) is 5.99. The minimum atomic E-state index is -3.31. The van der Waals surface area contributed by atoms with Gasteiger partial charge in [-0.3, -0.25) is 9.10 Å². The van der Waals surface area contributed by atoms with Crippen molar-refractivity contribution in [2.45, 2.75) is 38.1 Å². The maximum Gasteiger partial charge on any atom is 0.232 e. The van der Waals surface area contributed by atoms with E-state index in [1.165, 1.54) is 21.7 Å². The summed E-state index contributed by atoms with van der Waals surface area (Å²) in [5.41, 5.74) is 4.64. The number of benzene rings is 2. The number of fused-ring (bicyclic) bond motifs is 1. The van der Waals surface area contributed by atoms with Gasteiger partial charge in [-0.05, 0) is 62.6 Å². The summed E-state index contributed by atoms with van der Waals surface area (Å²) >= 11 is 1.54. The van der Waals surface area contributed by atoms with Gasteiger partial charge in [-0.1, -0.05) is 17.7 Å². The fraction of sp³-hybridized carbons (Fsp3) is 0.350. The van der Waals surface area contributed by atoms with Crippen molar-refractivity contribution in [1.82, 2.24) is 0 Å². The highest BCUT2D eigenvalue weighted by Crippen LogP contribution is 2.35. The molecule has 6 heteroatoms. The topological polar surface area (TPSA) is 54.5 Å². The zero-order valence-corrected chi connectivity index (χ0v) is 17.1. The number of anilines is 1. The van der Waals surface area contributed by atoms with Gasteiger partial charge in [0.15, 0.2) is 5.78 Å². The minimum Gasteiger partial charge on any atom is -0.293 e. The van der Waals surface area contributed by atoms with Gasteiger partial charge < -0.3 is 0 Å². The zero-order valence-electron chi connectivity index (χ0n) is 15.4. The van der Waals surface area contributed by atoms with E-state index >= 15 is 0 Å². The summed E-state index contributed by atoms with van der Waals surface area (Å²) in [5, 5.41) is 0. The predicted octanol–water partition coefficient (Wildman–Crippen LogP) is 3.99. The van der Waals surface area contributed by atoms with Gasteiger partial charge in [0.25, 0.3) is 0 Å². The van der Waals surface area contributed by atoms with Crippen LogP contribution in [0.1, 0.15) is 34.0 Å². The quantitative estimate of drug-likeness (QED) is 0.573. The molecule has 1 aliphatic heterocycles. The second-order valence-electron chi connectivity index (χ2n) is 6.94. The van der Waals surface area contributed by atoms with Crippen LogP contribution in [0, 0.1) is 13.8 Å². The number of rotatable bonds is 5. The lowest BCUT2D eigenvalue weighted by Crippen LogP contribution is -2.34. The average molecular weight is 390 g/mol. The molecule has 1 heterocycles. The fourth-order valence-electron chi connectivity index (χ4n) is 3.47. The first-order valence-electron chi connectivity index (χ1n) is 8.52. The van der Waals surface area contributed by atoms with Crippen LogP contribution in [0.2, 0.25) is 0 Å². The first-order valence-corrected chi connectivity index (χ1v) is 11.4. The molecule has 0 aromatic heterocycles. The maximum absolute atomic E-state index is 12.6. The third-order valence-corrected chi connectivity index (χ3v) is 7.05. The minimum absolute atomic E-state index is 0.0585. The molecule has 0 bridgehead atoms. The van der Waals surface area contributed by atoms with Crippen molar-refractivity contribution in [3.63, 3.8) is 0 Å². The van der Waals surface area contributed by atoms with E-state index in [0.717, 1.165) is 10.5 Å². The van der Waals surface area contributed by atoms with E-state index in [9.17, 15) is 13.2 Å². The number of sulfonamides is 1. The Labute approximate surface area is 159 Å². The van der Waals surface area contributed by atoms with Crippen molar-refractivity contribution >= 4 is 33.3 Å². The van der Waals surface area contributed by atoms with Crippen LogP contribution in [0.5, 0.6) is 0 Å². The molecule has 2 aromatic carbocycles. The van der Waals surface area contributed by atoms with Gasteiger partial charge in [-0.25, -0.2) is 8.42 Å². The average Bonchev–Trinajstić information content (AvgIpc) is 2.88. The standard InChI is InChI=1S/C20H23NO3S2/c1-13-5-8-20(14(2)9-13)25-12-19(22)16-6-7-18-17(11-16)10-15(3)21(18)26(4,23)24/h5-9,11,15H,10,12H2,1-4H3/t15-/m1/s1. The number of hydrogen-bond donors (Lipinski definition) is 0. The molecule has 0 radical (unpaired) electrons. The van der Waals surface area contributed by atoms with Crippen LogP contribution in [-0.4, -0.2) is 32.3 Å². The third kappa shape index (κ3) is 3.81. The molecule has 1 atom stereocenters. The predicted molar refractivity (Wildman–Crippen MR) is 108 cm³/mol. The molecule has 0 unspecified atom stereocenters. The largest absolute Gasteiger partial charge is 0.293 e. The number of hydrogen-bond acceptors (Lipinski definition) is 4. The van der Waals surface area contributed by atoms with Crippen LogP contribution in [0.15, 0.2) is 41.3 Å². The Morgan fingerprint density at radius 1 is 1.19 bits per heavy atom. The number of carbonyl (C=O) groups excluding carboxylic acids is 1. The first kappa shape index (κ1) is 19.0. The summed E-state index contributed by atoms with van der Waals surface area (Å²) in [6, 6.07) is 11.4. The Bertz CT molecular complexity index is 967. The lowest BCUT2D eigenvalue weighted by molar-refractivity contribution is 0.102. The highest BCUT2D eigenvalue weighted by molar-refractivity contribution is 8.00. The van der Waals surface area contributed by atoms with Gasteiger partial charge in [0.1, 0.15) is 0 Å². The summed E-state index contributed by atoms with van der Waals surface area (Å²) in [7, 11) is -3.31. The van der Waals surface area contributed by atoms with Gasteiger partial charge in [-0.15, -0.1) is 11.8 Å². The number of ketones is 1. The normalized spacial score (nSPS) is 16.6. The molecule has 0 amide bonds. The van der Waals surface area contributed by atoms with Crippen molar-refractivity contribution in [3.05, 3.63) is 58.7 Å². The van der Waals surface area contributed by atoms with E-state index in [4.69, 9.17) is 0 Å². The Morgan fingerprint density at radius 2 is 1.92 bits per heavy atom. The highest BCUT2D eigenvalue weighted by Gasteiger charge is 2.32. The summed E-state index contributed by atoms with van der Waals surface area (Å²) < 4.78 is 25.4. The number of thioether (sulfide) groups is 1. The summed E-state index contributed by atoms with van der Waals surface area (Å²) in [5.74, 6) is 0.428. The zero-order chi connectivity index (χ0) is 19.1. The molecule has 0 spiro atoms. The van der Waals surface area contributed by atoms with Gasteiger partial charge in [-0.2, -0.15) is 0 Å². The van der Waals surface area contributed by atoms with E-state index in [1.54, 1.807) is 23.9 Å².